The molecule has 3 aromatic rings. The molecule has 1 aromatic carbocycles. The molecule has 0 unspecified atom stereocenters. The van der Waals surface area contributed by atoms with Crippen LogP contribution in [-0.2, 0) is 13.0 Å². The zero-order valence-electron chi connectivity index (χ0n) is 13.2. The number of rotatable bonds is 5. The number of nitrogens with zero attached hydrogens (tertiary/aromatic N) is 4. The number of halogens is 1. The van der Waals surface area contributed by atoms with Gasteiger partial charge in [-0.25, -0.2) is 9.97 Å². The third kappa shape index (κ3) is 3.63. The molecule has 0 amide bonds. The Morgan fingerprint density at radius 3 is 2.58 bits per heavy atom. The van der Waals surface area contributed by atoms with Crippen molar-refractivity contribution in [1.29, 1.82) is 0 Å². The number of benzene rings is 1. The second-order valence-electron chi connectivity index (χ2n) is 5.21. The van der Waals surface area contributed by atoms with Crippen LogP contribution in [0.3, 0.4) is 0 Å². The van der Waals surface area contributed by atoms with Crippen LogP contribution < -0.4 is 4.90 Å². The number of para-hydroxylation sites is 2. The van der Waals surface area contributed by atoms with Crippen molar-refractivity contribution < 1.29 is 5.11 Å². The standard InChI is InChI=1S/C18H17ClN4O/c1-2-17-21-16(19)11-18(22-17)23(12-13-7-5-6-10-20-13)14-8-3-4-9-15(14)24/h3-11,24H,2,12H2,1H3. The first-order valence-corrected chi connectivity index (χ1v) is 8.04. The molecule has 2 aromatic heterocycles. The SMILES string of the molecule is CCc1nc(Cl)cc(N(Cc2ccccn2)c2ccccc2O)n1. The lowest BCUT2D eigenvalue weighted by atomic mass is 10.2. The summed E-state index contributed by atoms with van der Waals surface area (Å²) >= 11 is 6.15. The number of hydrogen-bond donors (Lipinski definition) is 1. The van der Waals surface area contributed by atoms with E-state index in [-0.39, 0.29) is 5.75 Å². The van der Waals surface area contributed by atoms with Gasteiger partial charge < -0.3 is 10.0 Å². The summed E-state index contributed by atoms with van der Waals surface area (Å²) in [5, 5.41) is 10.7. The smallest absolute Gasteiger partial charge is 0.139 e. The molecule has 0 atom stereocenters. The average molecular weight is 341 g/mol. The van der Waals surface area contributed by atoms with Gasteiger partial charge in [-0.3, -0.25) is 4.98 Å². The van der Waals surface area contributed by atoms with E-state index in [4.69, 9.17) is 11.6 Å². The highest BCUT2D eigenvalue weighted by molar-refractivity contribution is 6.29. The van der Waals surface area contributed by atoms with Crippen LogP contribution in [0.5, 0.6) is 5.75 Å². The maximum atomic E-state index is 10.3. The van der Waals surface area contributed by atoms with Gasteiger partial charge in [0.05, 0.1) is 17.9 Å². The lowest BCUT2D eigenvalue weighted by Gasteiger charge is -2.24. The molecule has 1 N–H and O–H groups in total. The topological polar surface area (TPSA) is 62.1 Å². The van der Waals surface area contributed by atoms with Gasteiger partial charge in [-0.15, -0.1) is 0 Å². The van der Waals surface area contributed by atoms with Crippen molar-refractivity contribution in [3.63, 3.8) is 0 Å². The van der Waals surface area contributed by atoms with Crippen LogP contribution in [0.4, 0.5) is 11.5 Å². The Bertz CT molecular complexity index is 826. The summed E-state index contributed by atoms with van der Waals surface area (Å²) in [7, 11) is 0. The minimum Gasteiger partial charge on any atom is -0.506 e. The largest absolute Gasteiger partial charge is 0.506 e. The van der Waals surface area contributed by atoms with Crippen molar-refractivity contribution in [2.45, 2.75) is 19.9 Å². The maximum Gasteiger partial charge on any atom is 0.139 e. The monoisotopic (exact) mass is 340 g/mol. The molecule has 0 spiro atoms. The van der Waals surface area contributed by atoms with E-state index in [1.807, 2.05) is 42.2 Å². The van der Waals surface area contributed by atoms with Crippen LogP contribution in [0.25, 0.3) is 0 Å². The molecule has 0 aliphatic carbocycles. The highest BCUT2D eigenvalue weighted by Crippen LogP contribution is 2.33. The van der Waals surface area contributed by atoms with Crippen molar-refractivity contribution in [1.82, 2.24) is 15.0 Å². The van der Waals surface area contributed by atoms with Gasteiger partial charge in [-0.2, -0.15) is 0 Å². The van der Waals surface area contributed by atoms with E-state index in [9.17, 15) is 5.11 Å². The molecule has 0 saturated carbocycles. The quantitative estimate of drug-likeness (QED) is 0.707. The molecule has 24 heavy (non-hydrogen) atoms. The number of pyridine rings is 1. The summed E-state index contributed by atoms with van der Waals surface area (Å²) in [6.45, 7) is 2.42. The van der Waals surface area contributed by atoms with Crippen LogP contribution >= 0.6 is 11.6 Å². The molecule has 0 aliphatic heterocycles. The van der Waals surface area contributed by atoms with E-state index >= 15 is 0 Å². The molecule has 0 bridgehead atoms. The zero-order chi connectivity index (χ0) is 16.9. The van der Waals surface area contributed by atoms with Crippen molar-refractivity contribution in [3.05, 3.63) is 71.4 Å². The first-order valence-electron chi connectivity index (χ1n) is 7.66. The first kappa shape index (κ1) is 16.2. The van der Waals surface area contributed by atoms with Crippen LogP contribution in [0.1, 0.15) is 18.4 Å². The van der Waals surface area contributed by atoms with Crippen LogP contribution in [0.2, 0.25) is 5.15 Å². The van der Waals surface area contributed by atoms with E-state index in [0.29, 0.717) is 35.4 Å². The third-order valence-corrected chi connectivity index (χ3v) is 3.73. The van der Waals surface area contributed by atoms with Gasteiger partial charge in [0.1, 0.15) is 22.5 Å². The molecule has 0 saturated heterocycles. The Hall–Kier alpha value is -2.66. The summed E-state index contributed by atoms with van der Waals surface area (Å²) in [6.07, 6.45) is 2.41. The summed E-state index contributed by atoms with van der Waals surface area (Å²) in [4.78, 5) is 15.0. The van der Waals surface area contributed by atoms with Gasteiger partial charge in [0.15, 0.2) is 0 Å². The predicted molar refractivity (Wildman–Crippen MR) is 94.6 cm³/mol. The number of hydrogen-bond acceptors (Lipinski definition) is 5. The third-order valence-electron chi connectivity index (χ3n) is 3.54. The van der Waals surface area contributed by atoms with Gasteiger partial charge in [0.25, 0.3) is 0 Å². The average Bonchev–Trinajstić information content (AvgIpc) is 2.61. The number of phenolic OH excluding ortho intramolecular Hbond substituents is 1. The molecule has 0 aliphatic rings. The highest BCUT2D eigenvalue weighted by atomic mass is 35.5. The molecule has 0 fully saturated rings. The number of aromatic nitrogens is 3. The Morgan fingerprint density at radius 1 is 1.08 bits per heavy atom. The van der Waals surface area contributed by atoms with Gasteiger partial charge in [-0.05, 0) is 24.3 Å². The van der Waals surface area contributed by atoms with Crippen LogP contribution in [-0.4, -0.2) is 20.1 Å². The van der Waals surface area contributed by atoms with Gasteiger partial charge in [0, 0.05) is 18.7 Å². The Morgan fingerprint density at radius 2 is 1.88 bits per heavy atom. The molecule has 3 rings (SSSR count). The van der Waals surface area contributed by atoms with Crippen molar-refractivity contribution in [2.24, 2.45) is 0 Å². The first-order chi connectivity index (χ1) is 11.7. The number of phenols is 1. The fraction of sp³-hybridized carbons (Fsp3) is 0.167. The number of aryl methyl sites for hydroxylation is 1. The van der Waals surface area contributed by atoms with E-state index in [1.54, 1.807) is 24.4 Å². The fourth-order valence-corrected chi connectivity index (χ4v) is 2.58. The summed E-state index contributed by atoms with van der Waals surface area (Å²) in [6, 6.07) is 14.5. The van der Waals surface area contributed by atoms with Crippen molar-refractivity contribution in [3.8, 4) is 5.75 Å². The lowest BCUT2D eigenvalue weighted by Crippen LogP contribution is -2.19. The normalized spacial score (nSPS) is 10.6. The molecule has 5 nitrogen and oxygen atoms in total. The zero-order valence-corrected chi connectivity index (χ0v) is 14.0. The number of anilines is 2. The predicted octanol–water partition coefficient (Wildman–Crippen LogP) is 4.13. The summed E-state index contributed by atoms with van der Waals surface area (Å²) in [5.74, 6) is 1.44. The maximum absolute atomic E-state index is 10.3. The van der Waals surface area contributed by atoms with E-state index < -0.39 is 0 Å². The minimum absolute atomic E-state index is 0.168. The molecule has 122 valence electrons. The number of aromatic hydroxyl groups is 1. The Kier molecular flexibility index (Phi) is 4.91. The van der Waals surface area contributed by atoms with Crippen LogP contribution in [0, 0.1) is 0 Å². The highest BCUT2D eigenvalue weighted by Gasteiger charge is 2.17. The Labute approximate surface area is 145 Å². The van der Waals surface area contributed by atoms with Gasteiger partial charge >= 0.3 is 0 Å². The van der Waals surface area contributed by atoms with Gasteiger partial charge in [-0.1, -0.05) is 36.7 Å². The van der Waals surface area contributed by atoms with Gasteiger partial charge in [0.2, 0.25) is 0 Å². The fourth-order valence-electron chi connectivity index (χ4n) is 2.38. The minimum atomic E-state index is 0.168. The molecule has 2 heterocycles. The van der Waals surface area contributed by atoms with Crippen molar-refractivity contribution in [2.75, 3.05) is 4.90 Å². The molecule has 0 radical (unpaired) electrons. The molecular formula is C18H17ClN4O. The van der Waals surface area contributed by atoms with Crippen LogP contribution in [0.15, 0.2) is 54.7 Å². The Balaban J connectivity index is 2.08. The summed E-state index contributed by atoms with van der Waals surface area (Å²) < 4.78 is 0. The molecule has 6 heteroatoms. The summed E-state index contributed by atoms with van der Waals surface area (Å²) in [5.41, 5.74) is 1.49. The van der Waals surface area contributed by atoms with Crippen molar-refractivity contribution >= 4 is 23.1 Å². The second-order valence-corrected chi connectivity index (χ2v) is 5.60. The second kappa shape index (κ2) is 7.27. The van der Waals surface area contributed by atoms with E-state index in [0.717, 1.165) is 5.69 Å². The molecular weight excluding hydrogens is 324 g/mol. The van der Waals surface area contributed by atoms with E-state index in [1.165, 1.54) is 0 Å². The lowest BCUT2D eigenvalue weighted by molar-refractivity contribution is 0.475. The van der Waals surface area contributed by atoms with E-state index in [2.05, 4.69) is 15.0 Å².